The number of nitrogens with zero attached hydrogens (tertiary/aromatic N) is 2. The molecule has 0 saturated heterocycles. The van der Waals surface area contributed by atoms with Crippen molar-refractivity contribution in [3.63, 3.8) is 0 Å². The summed E-state index contributed by atoms with van der Waals surface area (Å²) in [4.78, 5) is 8.54. The second kappa shape index (κ2) is 7.38. The first kappa shape index (κ1) is 15.0. The van der Waals surface area contributed by atoms with Crippen LogP contribution in [0.2, 0.25) is 0 Å². The number of nitrogens with one attached hydrogen (secondary N) is 2. The van der Waals surface area contributed by atoms with Crippen LogP contribution >= 0.6 is 12.2 Å². The van der Waals surface area contributed by atoms with E-state index in [9.17, 15) is 0 Å². The van der Waals surface area contributed by atoms with Gasteiger partial charge in [0.2, 0.25) is 11.8 Å². The maximum atomic E-state index is 5.34. The monoisotopic (exact) mass is 294 g/mol. The fourth-order valence-electron chi connectivity index (χ4n) is 2.45. The second-order valence-corrected chi connectivity index (χ2v) is 5.57. The van der Waals surface area contributed by atoms with E-state index < -0.39 is 0 Å². The molecule has 1 saturated carbocycles. The van der Waals surface area contributed by atoms with Crippen LogP contribution in [-0.4, -0.2) is 28.2 Å². The zero-order chi connectivity index (χ0) is 14.4. The molecule has 20 heavy (non-hydrogen) atoms. The quantitative estimate of drug-likeness (QED) is 0.660. The van der Waals surface area contributed by atoms with Crippen molar-refractivity contribution in [1.82, 2.24) is 15.3 Å². The Morgan fingerprint density at radius 2 is 1.95 bits per heavy atom. The molecule has 110 valence electrons. The summed E-state index contributed by atoms with van der Waals surface area (Å²) in [7, 11) is 1.59. The normalized spacial score (nSPS) is 16.3. The van der Waals surface area contributed by atoms with E-state index in [2.05, 4.69) is 20.6 Å². The highest BCUT2D eigenvalue weighted by Gasteiger charge is 2.13. The van der Waals surface area contributed by atoms with Crippen molar-refractivity contribution >= 4 is 23.3 Å². The molecule has 1 aromatic rings. The fraction of sp³-hybridized carbons (Fsp3) is 0.643. The van der Waals surface area contributed by atoms with Gasteiger partial charge in [-0.05, 0) is 32.0 Å². The van der Waals surface area contributed by atoms with Gasteiger partial charge in [-0.25, -0.2) is 4.98 Å². The first-order chi connectivity index (χ1) is 9.67. The number of anilines is 1. The molecule has 5 nitrogen and oxygen atoms in total. The number of ether oxygens (including phenoxy) is 1. The van der Waals surface area contributed by atoms with Crippen molar-refractivity contribution in [3.05, 3.63) is 11.8 Å². The summed E-state index contributed by atoms with van der Waals surface area (Å²) >= 11 is 5.34. The van der Waals surface area contributed by atoms with Gasteiger partial charge in [-0.2, -0.15) is 4.98 Å². The summed E-state index contributed by atoms with van der Waals surface area (Å²) in [6, 6.07) is 2.25. The highest BCUT2D eigenvalue weighted by atomic mass is 32.1. The highest BCUT2D eigenvalue weighted by Crippen LogP contribution is 2.17. The fourth-order valence-corrected chi connectivity index (χ4v) is 2.70. The summed E-state index contributed by atoms with van der Waals surface area (Å²) in [5, 5.41) is 6.99. The molecule has 0 amide bonds. The molecule has 2 rings (SSSR count). The van der Waals surface area contributed by atoms with Crippen LogP contribution in [0.15, 0.2) is 6.07 Å². The molecule has 0 aromatic carbocycles. The summed E-state index contributed by atoms with van der Waals surface area (Å²) < 4.78 is 5.13. The molecular formula is C14H22N4OS. The van der Waals surface area contributed by atoms with Gasteiger partial charge in [0.15, 0.2) is 5.11 Å². The minimum Gasteiger partial charge on any atom is -0.481 e. The Kier molecular flexibility index (Phi) is 5.52. The number of aromatic nitrogens is 2. The molecule has 1 heterocycles. The molecule has 1 fully saturated rings. The van der Waals surface area contributed by atoms with Gasteiger partial charge in [-0.15, -0.1) is 0 Å². The molecule has 0 spiro atoms. The third kappa shape index (κ3) is 4.59. The Morgan fingerprint density at radius 1 is 1.25 bits per heavy atom. The van der Waals surface area contributed by atoms with Gasteiger partial charge < -0.3 is 15.4 Å². The Labute approximate surface area is 125 Å². The molecule has 0 bridgehead atoms. The Balaban J connectivity index is 1.91. The van der Waals surface area contributed by atoms with Crippen molar-refractivity contribution < 1.29 is 4.74 Å². The highest BCUT2D eigenvalue weighted by molar-refractivity contribution is 7.80. The van der Waals surface area contributed by atoms with Crippen molar-refractivity contribution in [2.45, 2.75) is 51.5 Å². The van der Waals surface area contributed by atoms with Gasteiger partial charge in [0, 0.05) is 17.8 Å². The van der Waals surface area contributed by atoms with E-state index in [1.54, 1.807) is 13.2 Å². The zero-order valence-electron chi connectivity index (χ0n) is 12.1. The van der Waals surface area contributed by atoms with E-state index in [0.29, 0.717) is 23.0 Å². The van der Waals surface area contributed by atoms with Gasteiger partial charge in [0.1, 0.15) is 0 Å². The van der Waals surface area contributed by atoms with E-state index in [-0.39, 0.29) is 0 Å². The van der Waals surface area contributed by atoms with Gasteiger partial charge in [0.05, 0.1) is 7.11 Å². The maximum Gasteiger partial charge on any atom is 0.232 e. The van der Waals surface area contributed by atoms with Crippen molar-refractivity contribution in [3.8, 4) is 5.88 Å². The molecule has 0 radical (unpaired) electrons. The van der Waals surface area contributed by atoms with Crippen molar-refractivity contribution in [2.75, 3.05) is 12.4 Å². The molecule has 0 unspecified atom stereocenters. The lowest BCUT2D eigenvalue weighted by molar-refractivity contribution is 0.397. The molecule has 1 aliphatic carbocycles. The van der Waals surface area contributed by atoms with Crippen LogP contribution in [0.1, 0.15) is 44.2 Å². The number of thiocarbonyl (C=S) groups is 1. The smallest absolute Gasteiger partial charge is 0.232 e. The van der Waals surface area contributed by atoms with Crippen LogP contribution in [0.5, 0.6) is 5.88 Å². The zero-order valence-corrected chi connectivity index (χ0v) is 12.9. The topological polar surface area (TPSA) is 59.1 Å². The Morgan fingerprint density at radius 3 is 2.60 bits per heavy atom. The largest absolute Gasteiger partial charge is 0.481 e. The van der Waals surface area contributed by atoms with Gasteiger partial charge >= 0.3 is 0 Å². The summed E-state index contributed by atoms with van der Waals surface area (Å²) in [5.74, 6) is 1.02. The summed E-state index contributed by atoms with van der Waals surface area (Å²) in [5.41, 5.74) is 0.844. The number of hydrogen-bond acceptors (Lipinski definition) is 4. The van der Waals surface area contributed by atoms with Crippen LogP contribution in [0.25, 0.3) is 0 Å². The number of rotatable bonds is 3. The summed E-state index contributed by atoms with van der Waals surface area (Å²) in [6.45, 7) is 1.90. The SMILES string of the molecule is COc1cc(C)nc(NC(=S)NC2CCCCCC2)n1. The molecule has 2 N–H and O–H groups in total. The minimum atomic E-state index is 0.462. The average molecular weight is 294 g/mol. The molecule has 6 heteroatoms. The molecule has 0 aliphatic heterocycles. The van der Waals surface area contributed by atoms with Gasteiger partial charge in [-0.1, -0.05) is 25.7 Å². The molecular weight excluding hydrogens is 272 g/mol. The van der Waals surface area contributed by atoms with E-state index in [1.165, 1.54) is 38.5 Å². The van der Waals surface area contributed by atoms with E-state index in [1.807, 2.05) is 6.92 Å². The minimum absolute atomic E-state index is 0.462. The summed E-state index contributed by atoms with van der Waals surface area (Å²) in [6.07, 6.45) is 7.57. The number of methoxy groups -OCH3 is 1. The van der Waals surface area contributed by atoms with Gasteiger partial charge in [0.25, 0.3) is 0 Å². The predicted octanol–water partition coefficient (Wildman–Crippen LogP) is 2.80. The van der Waals surface area contributed by atoms with E-state index in [0.717, 1.165) is 5.69 Å². The number of hydrogen-bond donors (Lipinski definition) is 2. The van der Waals surface area contributed by atoms with E-state index in [4.69, 9.17) is 17.0 Å². The van der Waals surface area contributed by atoms with Crippen LogP contribution in [0.3, 0.4) is 0 Å². The average Bonchev–Trinajstić information content (AvgIpc) is 2.66. The lowest BCUT2D eigenvalue weighted by Gasteiger charge is -2.18. The predicted molar refractivity (Wildman–Crippen MR) is 84.2 cm³/mol. The van der Waals surface area contributed by atoms with Crippen molar-refractivity contribution in [1.29, 1.82) is 0 Å². The van der Waals surface area contributed by atoms with Crippen molar-refractivity contribution in [2.24, 2.45) is 0 Å². The molecule has 0 atom stereocenters. The van der Waals surface area contributed by atoms with Gasteiger partial charge in [-0.3, -0.25) is 0 Å². The molecule has 1 aliphatic rings. The lowest BCUT2D eigenvalue weighted by atomic mass is 10.1. The Bertz CT molecular complexity index is 458. The molecule has 1 aromatic heterocycles. The third-order valence-electron chi connectivity index (χ3n) is 3.46. The van der Waals surface area contributed by atoms with Crippen LogP contribution in [0.4, 0.5) is 5.95 Å². The van der Waals surface area contributed by atoms with Crippen LogP contribution in [-0.2, 0) is 0 Å². The third-order valence-corrected chi connectivity index (χ3v) is 3.68. The first-order valence-corrected chi connectivity index (χ1v) is 7.55. The van der Waals surface area contributed by atoms with Crippen LogP contribution in [0, 0.1) is 6.92 Å². The Hall–Kier alpha value is -1.43. The second-order valence-electron chi connectivity index (χ2n) is 5.16. The lowest BCUT2D eigenvalue weighted by Crippen LogP contribution is -2.37. The standard InChI is InChI=1S/C14H22N4OS/c1-10-9-12(19-2)17-13(15-10)18-14(20)16-11-7-5-3-4-6-8-11/h9,11H,3-8H2,1-2H3,(H2,15,16,17,18,20). The first-order valence-electron chi connectivity index (χ1n) is 7.14. The van der Waals surface area contributed by atoms with Crippen LogP contribution < -0.4 is 15.4 Å². The maximum absolute atomic E-state index is 5.34. The van der Waals surface area contributed by atoms with E-state index >= 15 is 0 Å². The number of aryl methyl sites for hydroxylation is 1.